The molecule has 1 aromatic heterocycles. The second-order valence-electron chi connectivity index (χ2n) is 9.34. The summed E-state index contributed by atoms with van der Waals surface area (Å²) in [6, 6.07) is 6.14. The number of hydrogen-bond acceptors (Lipinski definition) is 4. The van der Waals surface area contributed by atoms with Crippen LogP contribution in [0.15, 0.2) is 18.3 Å². The molecule has 0 aliphatic heterocycles. The first-order valence-corrected chi connectivity index (χ1v) is 10.3. The maximum absolute atomic E-state index is 9.86. The number of anilines is 1. The van der Waals surface area contributed by atoms with Crippen molar-refractivity contribution in [2.75, 3.05) is 5.48 Å². The van der Waals surface area contributed by atoms with Gasteiger partial charge < -0.3 is 9.67 Å². The van der Waals surface area contributed by atoms with Crippen LogP contribution in [0.4, 0.5) is 5.69 Å². The number of benzene rings is 1. The fourth-order valence-corrected chi connectivity index (χ4v) is 3.61. The highest BCUT2D eigenvalue weighted by atomic mass is 35.5. The average Bonchev–Trinajstić information content (AvgIpc) is 2.96. The van der Waals surface area contributed by atoms with E-state index < -0.39 is 5.60 Å². The molecular formula is C22H30ClN3O2. The van der Waals surface area contributed by atoms with Crippen LogP contribution < -0.4 is 5.48 Å². The van der Waals surface area contributed by atoms with Crippen LogP contribution in [0.5, 0.6) is 0 Å². The number of aromatic nitrogens is 1. The molecule has 0 atom stereocenters. The molecule has 0 saturated heterocycles. The van der Waals surface area contributed by atoms with Gasteiger partial charge in [-0.05, 0) is 57.1 Å². The molecule has 5 nitrogen and oxygen atoms in total. The van der Waals surface area contributed by atoms with Gasteiger partial charge in [0.1, 0.15) is 6.07 Å². The molecule has 152 valence electrons. The zero-order valence-electron chi connectivity index (χ0n) is 17.3. The van der Waals surface area contributed by atoms with E-state index in [1.165, 1.54) is 0 Å². The zero-order valence-corrected chi connectivity index (χ0v) is 18.1. The molecule has 0 radical (unpaired) electrons. The normalized spacial score (nSPS) is 20.9. The average molecular weight is 404 g/mol. The number of nitrogens with zero attached hydrogens (tertiary/aromatic N) is 2. The Labute approximate surface area is 172 Å². The lowest BCUT2D eigenvalue weighted by Gasteiger charge is -2.37. The van der Waals surface area contributed by atoms with E-state index in [4.69, 9.17) is 16.4 Å². The molecule has 0 bridgehead atoms. The van der Waals surface area contributed by atoms with Crippen molar-refractivity contribution in [2.24, 2.45) is 5.41 Å². The first kappa shape index (κ1) is 21.0. The molecule has 28 heavy (non-hydrogen) atoms. The van der Waals surface area contributed by atoms with Crippen LogP contribution in [0, 0.1) is 16.7 Å². The molecule has 0 spiro atoms. The van der Waals surface area contributed by atoms with Gasteiger partial charge in [-0.25, -0.2) is 0 Å². The standard InChI is InChI=1S/C22H30ClN3O2/c1-21(2,3)22(4,5)28-25-19-13-26(15-6-8-16(27)9-7-15)20-11-18(23)14(12-24)10-17(19)20/h10-11,13,15-16,25,27H,6-9H2,1-5H3. The second-order valence-corrected chi connectivity index (χ2v) is 9.75. The van der Waals surface area contributed by atoms with E-state index >= 15 is 0 Å². The Morgan fingerprint density at radius 2 is 1.82 bits per heavy atom. The molecule has 6 heteroatoms. The smallest absolute Gasteiger partial charge is 0.101 e. The van der Waals surface area contributed by atoms with Crippen molar-refractivity contribution < 1.29 is 9.94 Å². The summed E-state index contributed by atoms with van der Waals surface area (Å²) < 4.78 is 2.21. The minimum absolute atomic E-state index is 0.0565. The van der Waals surface area contributed by atoms with Gasteiger partial charge >= 0.3 is 0 Å². The predicted molar refractivity (Wildman–Crippen MR) is 113 cm³/mol. The first-order valence-electron chi connectivity index (χ1n) is 9.90. The number of aliphatic hydroxyl groups is 1. The molecule has 2 aromatic rings. The number of rotatable bonds is 4. The molecular weight excluding hydrogens is 374 g/mol. The van der Waals surface area contributed by atoms with Crippen molar-refractivity contribution in [3.8, 4) is 6.07 Å². The van der Waals surface area contributed by atoms with E-state index in [1.807, 2.05) is 18.3 Å². The number of aliphatic hydroxyl groups excluding tert-OH is 1. The summed E-state index contributed by atoms with van der Waals surface area (Å²) in [6.07, 6.45) is 5.26. The summed E-state index contributed by atoms with van der Waals surface area (Å²) >= 11 is 6.33. The molecule has 0 unspecified atom stereocenters. The highest BCUT2D eigenvalue weighted by molar-refractivity contribution is 6.32. The number of nitriles is 1. The van der Waals surface area contributed by atoms with E-state index in [0.29, 0.717) is 16.6 Å². The van der Waals surface area contributed by atoms with E-state index in [9.17, 15) is 10.4 Å². The molecule has 1 saturated carbocycles. The summed E-state index contributed by atoms with van der Waals surface area (Å²) in [6.45, 7) is 10.5. The van der Waals surface area contributed by atoms with E-state index in [2.05, 4.69) is 50.7 Å². The Hall–Kier alpha value is -1.74. The van der Waals surface area contributed by atoms with Crippen molar-refractivity contribution in [2.45, 2.75) is 78.0 Å². The van der Waals surface area contributed by atoms with Crippen LogP contribution in [0.25, 0.3) is 10.9 Å². The van der Waals surface area contributed by atoms with Crippen molar-refractivity contribution in [3.05, 3.63) is 28.9 Å². The van der Waals surface area contributed by atoms with Crippen LogP contribution in [0.1, 0.15) is 71.9 Å². The fourth-order valence-electron chi connectivity index (χ4n) is 3.41. The minimum atomic E-state index is -0.402. The molecule has 1 aliphatic carbocycles. The lowest BCUT2D eigenvalue weighted by Crippen LogP contribution is -2.41. The van der Waals surface area contributed by atoms with Gasteiger partial charge in [0.2, 0.25) is 0 Å². The van der Waals surface area contributed by atoms with Crippen molar-refractivity contribution in [1.82, 2.24) is 4.57 Å². The Morgan fingerprint density at radius 1 is 1.18 bits per heavy atom. The number of hydrogen-bond donors (Lipinski definition) is 2. The van der Waals surface area contributed by atoms with Gasteiger partial charge in [-0.3, -0.25) is 10.3 Å². The minimum Gasteiger partial charge on any atom is -0.393 e. The SMILES string of the molecule is CC(C)(C)C(C)(C)ONc1cn(C2CCC(O)CC2)c2cc(Cl)c(C#N)cc12. The Kier molecular flexibility index (Phi) is 5.69. The summed E-state index contributed by atoms with van der Waals surface area (Å²) in [5.74, 6) is 0. The summed E-state index contributed by atoms with van der Waals surface area (Å²) in [4.78, 5) is 6.09. The van der Waals surface area contributed by atoms with Crippen molar-refractivity contribution in [3.63, 3.8) is 0 Å². The van der Waals surface area contributed by atoms with E-state index in [1.54, 1.807) is 0 Å². The summed E-state index contributed by atoms with van der Waals surface area (Å²) in [5.41, 5.74) is 4.94. The van der Waals surface area contributed by atoms with Gasteiger partial charge in [-0.15, -0.1) is 0 Å². The van der Waals surface area contributed by atoms with Crippen LogP contribution >= 0.6 is 11.6 Å². The Bertz CT molecular complexity index is 897. The highest BCUT2D eigenvalue weighted by Crippen LogP contribution is 2.39. The molecule has 1 aliphatic rings. The molecule has 3 rings (SSSR count). The predicted octanol–water partition coefficient (Wildman–Crippen LogP) is 5.81. The van der Waals surface area contributed by atoms with Crippen LogP contribution in [-0.2, 0) is 4.84 Å². The van der Waals surface area contributed by atoms with Gasteiger partial charge in [0.25, 0.3) is 0 Å². The molecule has 2 N–H and O–H groups in total. The quantitative estimate of drug-likeness (QED) is 0.632. The van der Waals surface area contributed by atoms with Gasteiger partial charge in [-0.1, -0.05) is 32.4 Å². The largest absolute Gasteiger partial charge is 0.393 e. The van der Waals surface area contributed by atoms with Gasteiger partial charge in [0.05, 0.1) is 33.5 Å². The number of fused-ring (bicyclic) bond motifs is 1. The lowest BCUT2D eigenvalue weighted by atomic mass is 9.79. The highest BCUT2D eigenvalue weighted by Gasteiger charge is 2.35. The van der Waals surface area contributed by atoms with Crippen molar-refractivity contribution in [1.29, 1.82) is 5.26 Å². The van der Waals surface area contributed by atoms with Crippen LogP contribution in [0.2, 0.25) is 5.02 Å². The number of nitrogens with one attached hydrogen (secondary N) is 1. The lowest BCUT2D eigenvalue weighted by molar-refractivity contribution is -0.0629. The third-order valence-electron chi connectivity index (χ3n) is 6.32. The fraction of sp³-hybridized carbons (Fsp3) is 0.591. The zero-order chi connectivity index (χ0) is 20.7. The van der Waals surface area contributed by atoms with E-state index in [0.717, 1.165) is 42.3 Å². The van der Waals surface area contributed by atoms with Gasteiger partial charge in [-0.2, -0.15) is 5.26 Å². The summed E-state index contributed by atoms with van der Waals surface area (Å²) in [5, 5.41) is 20.6. The monoisotopic (exact) mass is 403 g/mol. The first-order chi connectivity index (χ1) is 13.0. The topological polar surface area (TPSA) is 70.2 Å². The number of halogens is 1. The van der Waals surface area contributed by atoms with Gasteiger partial charge in [0.15, 0.2) is 0 Å². The third-order valence-corrected chi connectivity index (χ3v) is 6.64. The Balaban J connectivity index is 2.01. The molecule has 1 fully saturated rings. The molecule has 1 heterocycles. The third kappa shape index (κ3) is 4.00. The molecule has 1 aromatic carbocycles. The van der Waals surface area contributed by atoms with E-state index in [-0.39, 0.29) is 11.5 Å². The maximum Gasteiger partial charge on any atom is 0.101 e. The van der Waals surface area contributed by atoms with Crippen molar-refractivity contribution >= 4 is 28.2 Å². The molecule has 0 amide bonds. The van der Waals surface area contributed by atoms with Crippen LogP contribution in [0.3, 0.4) is 0 Å². The Morgan fingerprint density at radius 3 is 2.39 bits per heavy atom. The maximum atomic E-state index is 9.86. The van der Waals surface area contributed by atoms with Gasteiger partial charge in [0, 0.05) is 17.6 Å². The second kappa shape index (κ2) is 7.59. The summed E-state index contributed by atoms with van der Waals surface area (Å²) in [7, 11) is 0. The van der Waals surface area contributed by atoms with Crippen LogP contribution in [-0.4, -0.2) is 21.4 Å².